The van der Waals surface area contributed by atoms with Crippen LogP contribution in [0.15, 0.2) is 84.2 Å². The van der Waals surface area contributed by atoms with Crippen LogP contribution in [0.2, 0.25) is 0 Å². The molecular formula is C26H21N3O3S. The molecule has 0 spiro atoms. The van der Waals surface area contributed by atoms with Gasteiger partial charge in [0.15, 0.2) is 11.7 Å². The standard InChI is InChI=1S/C26H21N3O3S/c30-24(14-20(17-7-3-1-4-8-17)18-9-5-2-6-10-18)29-26-28-22(16-33-26)19-11-12-23-21(13-19)27-25(31)15-32-23/h1-13,16,20H,14-15H2,(H,27,31)(H,28,29,30). The number of aromatic nitrogens is 1. The number of hydrogen-bond acceptors (Lipinski definition) is 5. The highest BCUT2D eigenvalue weighted by Gasteiger charge is 2.20. The first-order valence-corrected chi connectivity index (χ1v) is 11.5. The van der Waals surface area contributed by atoms with E-state index in [1.807, 2.05) is 84.2 Å². The van der Waals surface area contributed by atoms with Crippen molar-refractivity contribution in [1.82, 2.24) is 4.98 Å². The third-order valence-corrected chi connectivity index (χ3v) is 6.21. The number of nitrogens with zero attached hydrogens (tertiary/aromatic N) is 1. The van der Waals surface area contributed by atoms with Crippen molar-refractivity contribution in [2.75, 3.05) is 17.2 Å². The number of ether oxygens (including phenoxy) is 1. The highest BCUT2D eigenvalue weighted by Crippen LogP contribution is 2.34. The quantitative estimate of drug-likeness (QED) is 0.413. The summed E-state index contributed by atoms with van der Waals surface area (Å²) in [5, 5.41) is 8.17. The van der Waals surface area contributed by atoms with Crippen molar-refractivity contribution < 1.29 is 14.3 Å². The molecule has 0 atom stereocenters. The highest BCUT2D eigenvalue weighted by molar-refractivity contribution is 7.14. The maximum atomic E-state index is 12.9. The summed E-state index contributed by atoms with van der Waals surface area (Å²) in [6, 6.07) is 25.6. The van der Waals surface area contributed by atoms with E-state index < -0.39 is 0 Å². The SMILES string of the molecule is O=C(CC(c1ccccc1)c1ccccc1)Nc1nc(-c2ccc3c(c2)NC(=O)CO3)cs1. The number of benzene rings is 3. The second-order valence-electron chi connectivity index (χ2n) is 7.71. The van der Waals surface area contributed by atoms with E-state index in [1.165, 1.54) is 11.3 Å². The van der Waals surface area contributed by atoms with E-state index in [4.69, 9.17) is 4.74 Å². The van der Waals surface area contributed by atoms with Crippen molar-refractivity contribution in [2.45, 2.75) is 12.3 Å². The second kappa shape index (κ2) is 9.26. The minimum absolute atomic E-state index is 0.0200. The van der Waals surface area contributed by atoms with E-state index >= 15 is 0 Å². The molecule has 33 heavy (non-hydrogen) atoms. The van der Waals surface area contributed by atoms with Crippen LogP contribution in [-0.4, -0.2) is 23.4 Å². The summed E-state index contributed by atoms with van der Waals surface area (Å²) in [5.74, 6) is 0.308. The molecule has 164 valence electrons. The van der Waals surface area contributed by atoms with Gasteiger partial charge in [0.1, 0.15) is 5.75 Å². The van der Waals surface area contributed by atoms with Crippen LogP contribution in [0.3, 0.4) is 0 Å². The van der Waals surface area contributed by atoms with Gasteiger partial charge in [-0.15, -0.1) is 11.3 Å². The van der Waals surface area contributed by atoms with Crippen molar-refractivity contribution in [3.63, 3.8) is 0 Å². The van der Waals surface area contributed by atoms with Gasteiger partial charge in [0.2, 0.25) is 5.91 Å². The fraction of sp³-hybridized carbons (Fsp3) is 0.115. The lowest BCUT2D eigenvalue weighted by atomic mass is 9.88. The van der Waals surface area contributed by atoms with Crippen molar-refractivity contribution in [2.24, 2.45) is 0 Å². The van der Waals surface area contributed by atoms with E-state index in [2.05, 4.69) is 15.6 Å². The molecule has 3 aromatic carbocycles. The van der Waals surface area contributed by atoms with Gasteiger partial charge in [0.25, 0.3) is 5.91 Å². The highest BCUT2D eigenvalue weighted by atomic mass is 32.1. The number of thiazole rings is 1. The number of nitrogens with one attached hydrogen (secondary N) is 2. The first-order valence-electron chi connectivity index (χ1n) is 10.6. The van der Waals surface area contributed by atoms with Crippen LogP contribution < -0.4 is 15.4 Å². The van der Waals surface area contributed by atoms with E-state index in [9.17, 15) is 9.59 Å². The van der Waals surface area contributed by atoms with Crippen LogP contribution in [0.4, 0.5) is 10.8 Å². The summed E-state index contributed by atoms with van der Waals surface area (Å²) in [6.45, 7) is 0.0200. The number of carbonyl (C=O) groups excluding carboxylic acids is 2. The molecule has 0 saturated heterocycles. The predicted molar refractivity (Wildman–Crippen MR) is 130 cm³/mol. The molecule has 4 aromatic rings. The molecule has 2 heterocycles. The Bertz CT molecular complexity index is 1250. The third-order valence-electron chi connectivity index (χ3n) is 5.45. The minimum atomic E-state index is -0.183. The topological polar surface area (TPSA) is 80.3 Å². The zero-order chi connectivity index (χ0) is 22.6. The molecule has 2 amide bonds. The summed E-state index contributed by atoms with van der Waals surface area (Å²) in [5.41, 5.74) is 4.37. The first-order chi connectivity index (χ1) is 16.2. The molecule has 0 radical (unpaired) electrons. The Morgan fingerprint density at radius 3 is 2.42 bits per heavy atom. The van der Waals surface area contributed by atoms with E-state index in [0.717, 1.165) is 22.4 Å². The minimum Gasteiger partial charge on any atom is -0.482 e. The third kappa shape index (κ3) is 4.78. The average molecular weight is 456 g/mol. The summed E-state index contributed by atoms with van der Waals surface area (Å²) in [4.78, 5) is 29.1. The number of anilines is 2. The Kier molecular flexibility index (Phi) is 5.87. The van der Waals surface area contributed by atoms with Crippen molar-refractivity contribution in [3.8, 4) is 17.0 Å². The van der Waals surface area contributed by atoms with E-state index in [0.29, 0.717) is 23.0 Å². The van der Waals surface area contributed by atoms with Crippen LogP contribution in [-0.2, 0) is 9.59 Å². The second-order valence-corrected chi connectivity index (χ2v) is 8.57. The monoisotopic (exact) mass is 455 g/mol. The van der Waals surface area contributed by atoms with E-state index in [-0.39, 0.29) is 24.3 Å². The molecule has 0 bridgehead atoms. The lowest BCUT2D eigenvalue weighted by molar-refractivity contribution is -0.118. The molecule has 6 nitrogen and oxygen atoms in total. The zero-order valence-corrected chi connectivity index (χ0v) is 18.5. The molecule has 0 fully saturated rings. The lowest BCUT2D eigenvalue weighted by Crippen LogP contribution is -2.25. The number of fused-ring (bicyclic) bond motifs is 1. The Morgan fingerprint density at radius 1 is 1.03 bits per heavy atom. The Hall–Kier alpha value is -3.97. The fourth-order valence-corrected chi connectivity index (χ4v) is 4.60. The molecule has 2 N–H and O–H groups in total. The normalized spacial score (nSPS) is 12.6. The summed E-state index contributed by atoms with van der Waals surface area (Å²) >= 11 is 1.37. The first kappa shape index (κ1) is 20.9. The predicted octanol–water partition coefficient (Wildman–Crippen LogP) is 5.30. The molecule has 1 aromatic heterocycles. The van der Waals surface area contributed by atoms with Crippen LogP contribution in [0.1, 0.15) is 23.5 Å². The van der Waals surface area contributed by atoms with Gasteiger partial charge in [0, 0.05) is 23.3 Å². The van der Waals surface area contributed by atoms with Crippen molar-refractivity contribution >= 4 is 34.0 Å². The molecule has 0 unspecified atom stereocenters. The molecule has 0 saturated carbocycles. The van der Waals surface area contributed by atoms with Gasteiger partial charge >= 0.3 is 0 Å². The largest absolute Gasteiger partial charge is 0.482 e. The maximum Gasteiger partial charge on any atom is 0.262 e. The lowest BCUT2D eigenvalue weighted by Gasteiger charge is -2.18. The average Bonchev–Trinajstić information content (AvgIpc) is 3.31. The van der Waals surface area contributed by atoms with Gasteiger partial charge in [-0.25, -0.2) is 4.98 Å². The molecule has 5 rings (SSSR count). The summed E-state index contributed by atoms with van der Waals surface area (Å²) < 4.78 is 5.41. The Labute approximate surface area is 195 Å². The van der Waals surface area contributed by atoms with Gasteiger partial charge in [-0.05, 0) is 29.3 Å². The number of rotatable bonds is 6. The fourth-order valence-electron chi connectivity index (χ4n) is 3.86. The Morgan fingerprint density at radius 2 is 1.73 bits per heavy atom. The smallest absolute Gasteiger partial charge is 0.262 e. The van der Waals surface area contributed by atoms with Gasteiger partial charge in [0.05, 0.1) is 11.4 Å². The molecule has 1 aliphatic heterocycles. The molecule has 1 aliphatic rings. The summed E-state index contributed by atoms with van der Waals surface area (Å²) in [6.07, 6.45) is 0.311. The van der Waals surface area contributed by atoms with Gasteiger partial charge < -0.3 is 15.4 Å². The van der Waals surface area contributed by atoms with E-state index in [1.54, 1.807) is 0 Å². The number of carbonyl (C=O) groups is 2. The Balaban J connectivity index is 1.31. The molecular weight excluding hydrogens is 434 g/mol. The van der Waals surface area contributed by atoms with Gasteiger partial charge in [-0.3, -0.25) is 9.59 Å². The van der Waals surface area contributed by atoms with Crippen LogP contribution in [0.5, 0.6) is 5.75 Å². The van der Waals surface area contributed by atoms with Gasteiger partial charge in [-0.1, -0.05) is 60.7 Å². The van der Waals surface area contributed by atoms with Crippen molar-refractivity contribution in [1.29, 1.82) is 0 Å². The van der Waals surface area contributed by atoms with Crippen LogP contribution in [0.25, 0.3) is 11.3 Å². The zero-order valence-electron chi connectivity index (χ0n) is 17.7. The molecule has 0 aliphatic carbocycles. The number of amides is 2. The van der Waals surface area contributed by atoms with Crippen LogP contribution >= 0.6 is 11.3 Å². The molecule has 7 heteroatoms. The number of hydrogen-bond donors (Lipinski definition) is 2. The van der Waals surface area contributed by atoms with Gasteiger partial charge in [-0.2, -0.15) is 0 Å². The van der Waals surface area contributed by atoms with Crippen molar-refractivity contribution in [3.05, 3.63) is 95.4 Å². The summed E-state index contributed by atoms with van der Waals surface area (Å²) in [7, 11) is 0. The maximum absolute atomic E-state index is 12.9. The van der Waals surface area contributed by atoms with Crippen LogP contribution in [0, 0.1) is 0 Å².